The minimum atomic E-state index is -0.671. The van der Waals surface area contributed by atoms with E-state index >= 15 is 0 Å². The number of nitrogens with zero attached hydrogens (tertiary/aromatic N) is 1. The molecular formula is C15H25N3O2. The van der Waals surface area contributed by atoms with Crippen LogP contribution in [-0.4, -0.2) is 33.1 Å². The van der Waals surface area contributed by atoms with E-state index in [1.54, 1.807) is 19.4 Å². The average Bonchev–Trinajstić information content (AvgIpc) is 2.89. The molecule has 0 aliphatic rings. The summed E-state index contributed by atoms with van der Waals surface area (Å²) >= 11 is 0. The van der Waals surface area contributed by atoms with Crippen LogP contribution in [0.3, 0.4) is 0 Å². The molecule has 0 aliphatic heterocycles. The monoisotopic (exact) mass is 279 g/mol. The Hall–Kier alpha value is -1.49. The summed E-state index contributed by atoms with van der Waals surface area (Å²) in [7, 11) is 0. The Labute approximate surface area is 120 Å². The van der Waals surface area contributed by atoms with Crippen LogP contribution in [0.25, 0.3) is 0 Å². The molecule has 1 aromatic heterocycles. The fourth-order valence-electron chi connectivity index (χ4n) is 2.08. The van der Waals surface area contributed by atoms with E-state index in [4.69, 9.17) is 0 Å². The fraction of sp³-hybridized carbons (Fsp3) is 0.667. The number of Topliss-reactive ketones (excluding diaryl/α,β-unsaturated/α-hetero) is 2. The van der Waals surface area contributed by atoms with Gasteiger partial charge in [-0.3, -0.25) is 14.9 Å². The second-order valence-corrected chi connectivity index (χ2v) is 5.78. The zero-order valence-electron chi connectivity index (χ0n) is 13.0. The van der Waals surface area contributed by atoms with Crippen LogP contribution in [0.2, 0.25) is 0 Å². The quantitative estimate of drug-likeness (QED) is 0.762. The lowest BCUT2D eigenvalue weighted by atomic mass is 9.89. The number of hydrogen-bond acceptors (Lipinski definition) is 4. The molecule has 0 aliphatic carbocycles. The zero-order valence-corrected chi connectivity index (χ0v) is 13.0. The smallest absolute Gasteiger partial charge is 0.152 e. The van der Waals surface area contributed by atoms with Crippen LogP contribution < -0.4 is 5.32 Å². The van der Waals surface area contributed by atoms with E-state index in [-0.39, 0.29) is 23.5 Å². The van der Waals surface area contributed by atoms with Crippen LogP contribution in [0, 0.1) is 5.92 Å². The minimum Gasteiger partial charge on any atom is -0.348 e. The number of hydrogen-bond donors (Lipinski definition) is 2. The van der Waals surface area contributed by atoms with Gasteiger partial charge in [-0.25, -0.2) is 4.98 Å². The molecule has 1 aromatic rings. The molecule has 0 fully saturated rings. The van der Waals surface area contributed by atoms with Crippen molar-refractivity contribution < 1.29 is 9.59 Å². The average molecular weight is 279 g/mol. The van der Waals surface area contributed by atoms with E-state index in [9.17, 15) is 9.59 Å². The van der Waals surface area contributed by atoms with Gasteiger partial charge in [0, 0.05) is 24.2 Å². The second kappa shape index (κ2) is 6.79. The van der Waals surface area contributed by atoms with Crippen molar-refractivity contribution in [3.8, 4) is 0 Å². The number of nitrogens with one attached hydrogen (secondary N) is 2. The number of rotatable bonds is 8. The molecule has 0 radical (unpaired) electrons. The fourth-order valence-corrected chi connectivity index (χ4v) is 2.08. The lowest BCUT2D eigenvalue weighted by Gasteiger charge is -2.32. The predicted molar refractivity (Wildman–Crippen MR) is 78.4 cm³/mol. The summed E-state index contributed by atoms with van der Waals surface area (Å²) in [6.45, 7) is 9.11. The topological polar surface area (TPSA) is 74.8 Å². The number of aromatic amines is 1. The van der Waals surface area contributed by atoms with Crippen molar-refractivity contribution in [2.45, 2.75) is 59.0 Å². The molecule has 0 bridgehead atoms. The van der Waals surface area contributed by atoms with Gasteiger partial charge in [0.1, 0.15) is 5.78 Å². The number of ketones is 2. The molecule has 5 heteroatoms. The highest BCUT2D eigenvalue weighted by molar-refractivity contribution is 5.89. The summed E-state index contributed by atoms with van der Waals surface area (Å²) < 4.78 is 0. The summed E-state index contributed by atoms with van der Waals surface area (Å²) in [5.74, 6) is 0.0789. The lowest BCUT2D eigenvalue weighted by molar-refractivity contribution is -0.127. The Balaban J connectivity index is 2.93. The molecule has 2 atom stereocenters. The van der Waals surface area contributed by atoms with Crippen molar-refractivity contribution in [1.29, 1.82) is 0 Å². The number of carbonyl (C=O) groups excluding carboxylic acids is 2. The third kappa shape index (κ3) is 4.00. The first-order chi connectivity index (χ1) is 9.30. The van der Waals surface area contributed by atoms with Crippen LogP contribution >= 0.6 is 0 Å². The largest absolute Gasteiger partial charge is 0.348 e. The lowest BCUT2D eigenvalue weighted by Crippen LogP contribution is -2.56. The summed E-state index contributed by atoms with van der Waals surface area (Å²) in [4.78, 5) is 31.2. The minimum absolute atomic E-state index is 0.0474. The summed E-state index contributed by atoms with van der Waals surface area (Å²) in [5.41, 5.74) is 0.216. The number of imidazole rings is 1. The zero-order chi connectivity index (χ0) is 15.3. The van der Waals surface area contributed by atoms with E-state index < -0.39 is 5.54 Å². The highest BCUT2D eigenvalue weighted by atomic mass is 16.1. The van der Waals surface area contributed by atoms with Crippen molar-refractivity contribution in [3.63, 3.8) is 0 Å². The Bertz CT molecular complexity index is 454. The van der Waals surface area contributed by atoms with Gasteiger partial charge in [0.15, 0.2) is 5.78 Å². The number of carbonyl (C=O) groups is 2. The maximum atomic E-state index is 12.4. The van der Waals surface area contributed by atoms with E-state index in [2.05, 4.69) is 15.3 Å². The van der Waals surface area contributed by atoms with Gasteiger partial charge in [-0.05, 0) is 20.3 Å². The first-order valence-electron chi connectivity index (χ1n) is 7.10. The van der Waals surface area contributed by atoms with E-state index in [0.717, 1.165) is 5.69 Å². The maximum Gasteiger partial charge on any atom is 0.152 e. The third-order valence-corrected chi connectivity index (χ3v) is 3.87. The molecule has 1 unspecified atom stereocenters. The predicted octanol–water partition coefficient (Wildman–Crippen LogP) is 1.89. The van der Waals surface area contributed by atoms with Crippen molar-refractivity contribution >= 4 is 11.6 Å². The molecule has 0 aromatic carbocycles. The van der Waals surface area contributed by atoms with Gasteiger partial charge in [0.25, 0.3) is 0 Å². The molecule has 112 valence electrons. The molecule has 5 nitrogen and oxygen atoms in total. The Morgan fingerprint density at radius 2 is 2.10 bits per heavy atom. The van der Waals surface area contributed by atoms with Crippen molar-refractivity contribution in [3.05, 3.63) is 18.2 Å². The SMILES string of the molecule is CCC(C)(N[C@@H](Cc1cnc[nH]1)C(=O)C(C)C)C(C)=O. The first kappa shape index (κ1) is 16.6. The second-order valence-electron chi connectivity index (χ2n) is 5.78. The molecule has 20 heavy (non-hydrogen) atoms. The molecule has 1 heterocycles. The highest BCUT2D eigenvalue weighted by Crippen LogP contribution is 2.15. The Morgan fingerprint density at radius 3 is 2.50 bits per heavy atom. The van der Waals surface area contributed by atoms with Crippen LogP contribution in [0.5, 0.6) is 0 Å². The van der Waals surface area contributed by atoms with Crippen molar-refractivity contribution in [2.24, 2.45) is 5.92 Å². The number of aromatic nitrogens is 2. The highest BCUT2D eigenvalue weighted by Gasteiger charge is 2.33. The van der Waals surface area contributed by atoms with Crippen LogP contribution in [0.15, 0.2) is 12.5 Å². The molecule has 1 rings (SSSR count). The number of H-pyrrole nitrogens is 1. The van der Waals surface area contributed by atoms with Gasteiger partial charge in [-0.2, -0.15) is 0 Å². The van der Waals surface area contributed by atoms with Crippen LogP contribution in [0.4, 0.5) is 0 Å². The Morgan fingerprint density at radius 1 is 1.45 bits per heavy atom. The molecule has 0 saturated heterocycles. The molecular weight excluding hydrogens is 254 g/mol. The molecule has 0 amide bonds. The maximum absolute atomic E-state index is 12.4. The molecule has 2 N–H and O–H groups in total. The van der Waals surface area contributed by atoms with Gasteiger partial charge < -0.3 is 4.98 Å². The van der Waals surface area contributed by atoms with E-state index in [0.29, 0.717) is 12.8 Å². The van der Waals surface area contributed by atoms with E-state index in [1.165, 1.54) is 0 Å². The van der Waals surface area contributed by atoms with E-state index in [1.807, 2.05) is 27.7 Å². The van der Waals surface area contributed by atoms with Gasteiger partial charge >= 0.3 is 0 Å². The third-order valence-electron chi connectivity index (χ3n) is 3.87. The van der Waals surface area contributed by atoms with Gasteiger partial charge in [-0.15, -0.1) is 0 Å². The van der Waals surface area contributed by atoms with Crippen molar-refractivity contribution in [2.75, 3.05) is 0 Å². The summed E-state index contributed by atoms with van der Waals surface area (Å²) in [5, 5.41) is 3.25. The Kier molecular flexibility index (Phi) is 5.62. The van der Waals surface area contributed by atoms with Gasteiger partial charge in [0.2, 0.25) is 0 Å². The molecule has 0 saturated carbocycles. The standard InChI is InChI=1S/C15H25N3O2/c1-6-15(5,11(4)19)18-13(14(20)10(2)3)7-12-8-16-9-17-12/h8-10,13,18H,6-7H2,1-5H3,(H,16,17)/t13-,15?/m0/s1. The van der Waals surface area contributed by atoms with Gasteiger partial charge in [0.05, 0.1) is 17.9 Å². The normalized spacial score (nSPS) is 15.9. The van der Waals surface area contributed by atoms with Gasteiger partial charge in [-0.1, -0.05) is 20.8 Å². The summed E-state index contributed by atoms with van der Waals surface area (Å²) in [6.07, 6.45) is 4.46. The molecule has 0 spiro atoms. The van der Waals surface area contributed by atoms with Crippen molar-refractivity contribution in [1.82, 2.24) is 15.3 Å². The first-order valence-corrected chi connectivity index (χ1v) is 7.10. The van der Waals surface area contributed by atoms with Crippen LogP contribution in [0.1, 0.15) is 46.7 Å². The summed E-state index contributed by atoms with van der Waals surface area (Å²) in [6, 6.07) is -0.385. The van der Waals surface area contributed by atoms with Crippen LogP contribution in [-0.2, 0) is 16.0 Å².